The third kappa shape index (κ3) is 25.1. The lowest BCUT2D eigenvalue weighted by Gasteiger charge is -2.03. The van der Waals surface area contributed by atoms with Crippen LogP contribution in [0.15, 0.2) is 200 Å². The number of nitrogen functional groups attached to an aromatic ring is 1. The van der Waals surface area contributed by atoms with Crippen LogP contribution in [-0.4, -0.2) is 60.7 Å². The number of amides is 2. The van der Waals surface area contributed by atoms with Crippen molar-refractivity contribution in [2.45, 2.75) is 0 Å². The molecule has 0 heterocycles. The van der Waals surface area contributed by atoms with Crippen molar-refractivity contribution in [2.24, 2.45) is 0 Å². The third-order valence-electron chi connectivity index (χ3n) is 8.72. The summed E-state index contributed by atoms with van der Waals surface area (Å²) in [7, 11) is 2.66. The number of aliphatic hydroxyl groups excluding tert-OH is 1. The first-order chi connectivity index (χ1) is 33.8. The Hall–Kier alpha value is -8.97. The van der Waals surface area contributed by atoms with Crippen LogP contribution in [0, 0.1) is 0 Å². The van der Waals surface area contributed by atoms with Crippen LogP contribution in [0.3, 0.4) is 0 Å². The predicted molar refractivity (Wildman–Crippen MR) is 282 cm³/mol. The molecular weight excluding hydrogens is 906 g/mol. The molecule has 0 atom stereocenters. The summed E-state index contributed by atoms with van der Waals surface area (Å²) in [4.78, 5) is 67.0. The highest BCUT2D eigenvalue weighted by molar-refractivity contribution is 6.66. The Balaban J connectivity index is 0.000000258. The minimum Gasteiger partial charge on any atom is -0.466 e. The van der Waals surface area contributed by atoms with Crippen molar-refractivity contribution in [3.05, 3.63) is 234 Å². The molecule has 0 aromatic heterocycles. The smallest absolute Gasteiger partial charge is 0.330 e. The van der Waals surface area contributed by atoms with Crippen LogP contribution >= 0.6 is 11.6 Å². The van der Waals surface area contributed by atoms with E-state index in [1.165, 1.54) is 50.7 Å². The van der Waals surface area contributed by atoms with Crippen LogP contribution in [0.4, 0.5) is 17.1 Å². The summed E-state index contributed by atoms with van der Waals surface area (Å²) in [6, 6.07) is 50.2. The van der Waals surface area contributed by atoms with Crippen molar-refractivity contribution < 1.29 is 43.3 Å². The molecule has 0 aliphatic heterocycles. The van der Waals surface area contributed by atoms with Crippen LogP contribution in [-0.2, 0) is 38.2 Å². The highest BCUT2D eigenvalue weighted by atomic mass is 35.5. The van der Waals surface area contributed by atoms with Crippen molar-refractivity contribution in [2.75, 3.05) is 37.2 Å². The van der Waals surface area contributed by atoms with Gasteiger partial charge < -0.3 is 30.9 Å². The van der Waals surface area contributed by atoms with Crippen molar-refractivity contribution >= 4 is 99.9 Å². The second-order valence-corrected chi connectivity index (χ2v) is 14.5. The number of carbonyl (C=O) groups excluding carboxylic acids is 6. The van der Waals surface area contributed by atoms with E-state index < -0.39 is 17.8 Å². The van der Waals surface area contributed by atoms with E-state index in [1.807, 2.05) is 109 Å². The number of hydrogen-bond acceptors (Lipinski definition) is 10. The maximum atomic E-state index is 11.9. The SMILES string of the molecule is COC(=O)/C=C/c1cccc(N)c1.COC(=O)/C=C/c1cccc(NC(=O)/C=C/c2ccccc2)c1.O=C(/C=C/c1cccc(NC(=O)/C=C/c2ccccc2)c1)CO.O=C(Cl)/C=C/c1ccccc1. The summed E-state index contributed by atoms with van der Waals surface area (Å²) in [5, 5.41) is 13.8. The number of hydrogen-bond donors (Lipinski definition) is 4. The molecular formula is C57H52ClN3O9. The fourth-order valence-corrected chi connectivity index (χ4v) is 5.44. The van der Waals surface area contributed by atoms with Crippen LogP contribution < -0.4 is 16.4 Å². The Morgan fingerprint density at radius 1 is 0.457 bits per heavy atom. The Morgan fingerprint density at radius 2 is 0.800 bits per heavy atom. The molecule has 356 valence electrons. The van der Waals surface area contributed by atoms with Gasteiger partial charge in [-0.05, 0) is 118 Å². The predicted octanol–water partition coefficient (Wildman–Crippen LogP) is 10.4. The highest BCUT2D eigenvalue weighted by Crippen LogP contribution is 2.14. The molecule has 70 heavy (non-hydrogen) atoms. The number of methoxy groups -OCH3 is 2. The van der Waals surface area contributed by atoms with Crippen LogP contribution in [0.1, 0.15) is 33.4 Å². The van der Waals surface area contributed by atoms with E-state index in [4.69, 9.17) is 22.4 Å². The number of rotatable bonds is 15. The van der Waals surface area contributed by atoms with Gasteiger partial charge in [0.25, 0.3) is 0 Å². The van der Waals surface area contributed by atoms with Gasteiger partial charge in [0.05, 0.1) is 14.2 Å². The number of carbonyl (C=O) groups is 6. The van der Waals surface area contributed by atoms with Gasteiger partial charge in [0.1, 0.15) is 6.61 Å². The second kappa shape index (κ2) is 32.7. The van der Waals surface area contributed by atoms with Gasteiger partial charge in [-0.25, -0.2) is 9.59 Å². The molecule has 0 saturated carbocycles. The molecule has 13 heteroatoms. The Morgan fingerprint density at radius 3 is 1.17 bits per heavy atom. The van der Waals surface area contributed by atoms with E-state index >= 15 is 0 Å². The van der Waals surface area contributed by atoms with E-state index in [9.17, 15) is 28.8 Å². The minimum absolute atomic E-state index is 0.219. The molecule has 0 aliphatic carbocycles. The Labute approximate surface area is 412 Å². The van der Waals surface area contributed by atoms with E-state index in [-0.39, 0.29) is 23.6 Å². The number of benzene rings is 6. The van der Waals surface area contributed by atoms with Gasteiger partial charge in [0, 0.05) is 41.4 Å². The average Bonchev–Trinajstić information content (AvgIpc) is 3.38. The van der Waals surface area contributed by atoms with E-state index in [2.05, 4.69) is 20.1 Å². The number of halogens is 1. The molecule has 0 aliphatic rings. The zero-order chi connectivity index (χ0) is 50.8. The quantitative estimate of drug-likeness (QED) is 0.0333. The number of nitrogens with one attached hydrogen (secondary N) is 2. The lowest BCUT2D eigenvalue weighted by atomic mass is 10.1. The van der Waals surface area contributed by atoms with Gasteiger partial charge in [-0.2, -0.15) is 0 Å². The fraction of sp³-hybridized carbons (Fsp3) is 0.0526. The van der Waals surface area contributed by atoms with Crippen molar-refractivity contribution in [1.29, 1.82) is 0 Å². The van der Waals surface area contributed by atoms with E-state index in [1.54, 1.807) is 91.1 Å². The van der Waals surface area contributed by atoms with Crippen molar-refractivity contribution in [3.63, 3.8) is 0 Å². The van der Waals surface area contributed by atoms with Crippen LogP contribution in [0.5, 0.6) is 0 Å². The van der Waals surface area contributed by atoms with Crippen molar-refractivity contribution in [3.8, 4) is 0 Å². The molecule has 2 amide bonds. The molecule has 6 aromatic carbocycles. The standard InChI is InChI=1S/2C19H17NO3.C10H11NO2.C9H7ClO/c1-23-19(22)13-11-16-8-5-9-17(14-16)20-18(21)12-10-15-6-3-2-4-7-15;21-14-18(22)11-9-16-7-4-8-17(13-16)20-19(23)12-10-15-5-2-1-3-6-15;1-13-10(12)6-5-8-3-2-4-9(11)7-8;10-9(11)7-6-8-4-2-1-3-5-8/h2-14H,1H3,(H,20,21);1-13,21H,14H2,(H,20,23);2-7H,11H2,1H3;1-7H/b12-10+,13-11+;11-9+,12-10+;6-5+;7-6+. The summed E-state index contributed by atoms with van der Waals surface area (Å²) in [5.74, 6) is -1.62. The number of esters is 2. The van der Waals surface area contributed by atoms with Gasteiger partial charge in [-0.3, -0.25) is 19.2 Å². The van der Waals surface area contributed by atoms with Crippen LogP contribution in [0.2, 0.25) is 0 Å². The molecule has 0 fully saturated rings. The molecule has 12 nitrogen and oxygen atoms in total. The first-order valence-corrected chi connectivity index (χ1v) is 21.6. The monoisotopic (exact) mass is 957 g/mol. The number of allylic oxidation sites excluding steroid dienone is 1. The molecule has 5 N–H and O–H groups in total. The van der Waals surface area contributed by atoms with Crippen LogP contribution in [0.25, 0.3) is 36.5 Å². The fourth-order valence-electron chi connectivity index (χ4n) is 5.38. The second-order valence-electron chi connectivity index (χ2n) is 14.1. The lowest BCUT2D eigenvalue weighted by Crippen LogP contribution is -2.07. The number of nitrogens with two attached hydrogens (primary N) is 1. The Kier molecular flexibility index (Phi) is 25.8. The average molecular weight is 959 g/mol. The summed E-state index contributed by atoms with van der Waals surface area (Å²) in [6.45, 7) is -0.517. The van der Waals surface area contributed by atoms with E-state index in [0.29, 0.717) is 17.1 Å². The third-order valence-corrected chi connectivity index (χ3v) is 8.85. The number of ether oxygens (including phenoxy) is 2. The largest absolute Gasteiger partial charge is 0.466 e. The maximum absolute atomic E-state index is 11.9. The van der Waals surface area contributed by atoms with Gasteiger partial charge in [-0.1, -0.05) is 140 Å². The molecule has 6 aromatic rings. The number of ketones is 1. The molecule has 0 radical (unpaired) electrons. The maximum Gasteiger partial charge on any atom is 0.330 e. The number of aliphatic hydroxyl groups is 1. The molecule has 6 rings (SSSR count). The van der Waals surface area contributed by atoms with Gasteiger partial charge in [-0.15, -0.1) is 0 Å². The summed E-state index contributed by atoms with van der Waals surface area (Å²) in [5.41, 5.74) is 12.8. The highest BCUT2D eigenvalue weighted by Gasteiger charge is 2.01. The topological polar surface area (TPSA) is 191 Å². The molecule has 0 saturated heterocycles. The molecule has 0 bridgehead atoms. The number of anilines is 3. The lowest BCUT2D eigenvalue weighted by molar-refractivity contribution is -0.135. The summed E-state index contributed by atoms with van der Waals surface area (Å²) >= 11 is 5.10. The zero-order valence-electron chi connectivity index (χ0n) is 38.4. The van der Waals surface area contributed by atoms with Gasteiger partial charge in [0.15, 0.2) is 5.78 Å². The zero-order valence-corrected chi connectivity index (χ0v) is 39.1. The molecule has 0 unspecified atom stereocenters. The van der Waals surface area contributed by atoms with E-state index in [0.717, 1.165) is 33.4 Å². The minimum atomic E-state index is -0.517. The first kappa shape index (κ1) is 55.4. The van der Waals surface area contributed by atoms with Crippen molar-refractivity contribution in [1.82, 2.24) is 0 Å². The normalized spacial score (nSPS) is 10.7. The first-order valence-electron chi connectivity index (χ1n) is 21.3. The molecule has 0 spiro atoms. The van der Waals surface area contributed by atoms with Gasteiger partial charge >= 0.3 is 11.9 Å². The van der Waals surface area contributed by atoms with Gasteiger partial charge in [0.2, 0.25) is 17.1 Å². The summed E-state index contributed by atoms with van der Waals surface area (Å²) in [6.07, 6.45) is 18.3. The Bertz CT molecular complexity index is 2670. The summed E-state index contributed by atoms with van der Waals surface area (Å²) < 4.78 is 8.98.